The summed E-state index contributed by atoms with van der Waals surface area (Å²) in [7, 11) is 1.77. The number of carbonyl (C=O) groups is 1. The molecule has 0 bridgehead atoms. The van der Waals surface area contributed by atoms with Gasteiger partial charge in [-0.3, -0.25) is 9.78 Å². The molecule has 2 aromatic rings. The molecular formula is C18H22N4O3. The molecule has 1 aliphatic rings. The van der Waals surface area contributed by atoms with Crippen LogP contribution >= 0.6 is 0 Å². The Hall–Kier alpha value is -2.67. The molecule has 0 unspecified atom stereocenters. The van der Waals surface area contributed by atoms with Gasteiger partial charge in [0.15, 0.2) is 0 Å². The third-order valence-corrected chi connectivity index (χ3v) is 4.07. The second kappa shape index (κ2) is 7.94. The van der Waals surface area contributed by atoms with E-state index in [9.17, 15) is 4.79 Å². The van der Waals surface area contributed by atoms with Crippen LogP contribution in [0.3, 0.4) is 0 Å². The van der Waals surface area contributed by atoms with Crippen LogP contribution in [0, 0.1) is 6.92 Å². The molecule has 1 fully saturated rings. The molecule has 0 saturated carbocycles. The van der Waals surface area contributed by atoms with Gasteiger partial charge in [-0.05, 0) is 37.6 Å². The van der Waals surface area contributed by atoms with Gasteiger partial charge in [-0.15, -0.1) is 0 Å². The predicted octanol–water partition coefficient (Wildman–Crippen LogP) is 1.79. The quantitative estimate of drug-likeness (QED) is 0.862. The normalized spacial score (nSPS) is 19.9. The highest BCUT2D eigenvalue weighted by Gasteiger charge is 2.29. The largest absolute Gasteiger partial charge is 0.484 e. The standard InChI is InChI=1S/C18H22N4O3/c1-12-3-4-14(10-21-12)25-16-11-24-8-6-15(16)22-18(23)13-5-7-20-17(9-13)19-2/h3-5,7,9-10,15-16H,6,8,11H2,1-2H3,(H,19,20)(H,22,23)/t15-,16+/m0/s1. The number of rotatable bonds is 5. The molecule has 0 aliphatic carbocycles. The zero-order valence-corrected chi connectivity index (χ0v) is 14.4. The summed E-state index contributed by atoms with van der Waals surface area (Å²) in [5.74, 6) is 1.17. The van der Waals surface area contributed by atoms with Crippen molar-refractivity contribution < 1.29 is 14.3 Å². The average molecular weight is 342 g/mol. The van der Waals surface area contributed by atoms with Gasteiger partial charge in [-0.2, -0.15) is 0 Å². The van der Waals surface area contributed by atoms with Crippen molar-refractivity contribution in [2.24, 2.45) is 0 Å². The zero-order chi connectivity index (χ0) is 17.6. The van der Waals surface area contributed by atoms with E-state index < -0.39 is 0 Å². The number of carbonyl (C=O) groups excluding carboxylic acids is 1. The molecule has 0 radical (unpaired) electrons. The molecule has 3 heterocycles. The lowest BCUT2D eigenvalue weighted by Crippen LogP contribution is -2.51. The van der Waals surface area contributed by atoms with Gasteiger partial charge in [0.05, 0.1) is 18.8 Å². The van der Waals surface area contributed by atoms with E-state index >= 15 is 0 Å². The Labute approximate surface area is 146 Å². The SMILES string of the molecule is CNc1cc(C(=O)N[C@H]2CCOC[C@H]2Oc2ccc(C)nc2)ccn1. The van der Waals surface area contributed by atoms with Crippen LogP contribution in [0.25, 0.3) is 0 Å². The highest BCUT2D eigenvalue weighted by atomic mass is 16.5. The van der Waals surface area contributed by atoms with Crippen LogP contribution in [-0.4, -0.2) is 48.3 Å². The number of nitrogens with zero attached hydrogens (tertiary/aromatic N) is 2. The van der Waals surface area contributed by atoms with Gasteiger partial charge in [0, 0.05) is 31.1 Å². The fourth-order valence-electron chi connectivity index (χ4n) is 2.65. The summed E-state index contributed by atoms with van der Waals surface area (Å²) in [6.07, 6.45) is 3.73. The van der Waals surface area contributed by atoms with E-state index in [4.69, 9.17) is 9.47 Å². The van der Waals surface area contributed by atoms with Gasteiger partial charge in [-0.25, -0.2) is 4.98 Å². The maximum atomic E-state index is 12.5. The first-order valence-electron chi connectivity index (χ1n) is 8.27. The molecule has 1 amide bonds. The molecule has 2 atom stereocenters. The van der Waals surface area contributed by atoms with Crippen LogP contribution in [0.1, 0.15) is 22.5 Å². The minimum absolute atomic E-state index is 0.131. The third-order valence-electron chi connectivity index (χ3n) is 4.07. The number of nitrogens with one attached hydrogen (secondary N) is 2. The van der Waals surface area contributed by atoms with Crippen LogP contribution in [0.5, 0.6) is 5.75 Å². The first kappa shape index (κ1) is 17.2. The molecule has 1 saturated heterocycles. The Kier molecular flexibility index (Phi) is 5.45. The zero-order valence-electron chi connectivity index (χ0n) is 14.4. The van der Waals surface area contributed by atoms with Gasteiger partial charge in [0.2, 0.25) is 0 Å². The van der Waals surface area contributed by atoms with Crippen LogP contribution < -0.4 is 15.4 Å². The summed E-state index contributed by atoms with van der Waals surface area (Å²) in [6.45, 7) is 2.94. The molecule has 0 aromatic carbocycles. The fourth-order valence-corrected chi connectivity index (χ4v) is 2.65. The monoisotopic (exact) mass is 342 g/mol. The van der Waals surface area contributed by atoms with E-state index in [0.29, 0.717) is 36.8 Å². The fraction of sp³-hybridized carbons (Fsp3) is 0.389. The summed E-state index contributed by atoms with van der Waals surface area (Å²) < 4.78 is 11.5. The summed E-state index contributed by atoms with van der Waals surface area (Å²) in [6, 6.07) is 7.04. The number of ether oxygens (including phenoxy) is 2. The molecule has 7 heteroatoms. The lowest BCUT2D eigenvalue weighted by molar-refractivity contribution is -0.0136. The minimum atomic E-state index is -0.257. The Morgan fingerprint density at radius 2 is 2.20 bits per heavy atom. The van der Waals surface area contributed by atoms with E-state index in [-0.39, 0.29) is 18.1 Å². The van der Waals surface area contributed by atoms with Crippen LogP contribution in [0.4, 0.5) is 5.82 Å². The van der Waals surface area contributed by atoms with Crippen molar-refractivity contribution in [2.45, 2.75) is 25.5 Å². The molecule has 7 nitrogen and oxygen atoms in total. The van der Waals surface area contributed by atoms with Gasteiger partial charge in [-0.1, -0.05) is 0 Å². The van der Waals surface area contributed by atoms with E-state index in [1.165, 1.54) is 0 Å². The van der Waals surface area contributed by atoms with Crippen molar-refractivity contribution in [1.29, 1.82) is 0 Å². The summed E-state index contributed by atoms with van der Waals surface area (Å²) >= 11 is 0. The number of pyridine rings is 2. The summed E-state index contributed by atoms with van der Waals surface area (Å²) in [5, 5.41) is 5.98. The Morgan fingerprint density at radius 1 is 1.32 bits per heavy atom. The predicted molar refractivity (Wildman–Crippen MR) is 93.9 cm³/mol. The van der Waals surface area contributed by atoms with Gasteiger partial charge in [0.1, 0.15) is 17.7 Å². The van der Waals surface area contributed by atoms with E-state index in [1.807, 2.05) is 19.1 Å². The number of amides is 1. The Morgan fingerprint density at radius 3 is 2.96 bits per heavy atom. The van der Waals surface area contributed by atoms with E-state index in [1.54, 1.807) is 31.6 Å². The topological polar surface area (TPSA) is 85.4 Å². The number of hydrogen-bond acceptors (Lipinski definition) is 6. The first-order chi connectivity index (χ1) is 12.2. The van der Waals surface area contributed by atoms with Crippen molar-refractivity contribution in [3.63, 3.8) is 0 Å². The van der Waals surface area contributed by atoms with E-state index in [2.05, 4.69) is 20.6 Å². The lowest BCUT2D eigenvalue weighted by atomic mass is 10.1. The number of hydrogen-bond donors (Lipinski definition) is 2. The first-order valence-corrected chi connectivity index (χ1v) is 8.27. The minimum Gasteiger partial charge on any atom is -0.484 e. The maximum absolute atomic E-state index is 12.5. The highest BCUT2D eigenvalue weighted by molar-refractivity contribution is 5.95. The molecule has 25 heavy (non-hydrogen) atoms. The number of aryl methyl sites for hydroxylation is 1. The Bertz CT molecular complexity index is 721. The molecule has 0 spiro atoms. The van der Waals surface area contributed by atoms with Crippen molar-refractivity contribution >= 4 is 11.7 Å². The third kappa shape index (κ3) is 4.45. The van der Waals surface area contributed by atoms with Crippen LogP contribution in [-0.2, 0) is 4.74 Å². The van der Waals surface area contributed by atoms with Crippen molar-refractivity contribution in [2.75, 3.05) is 25.6 Å². The van der Waals surface area contributed by atoms with Gasteiger partial charge < -0.3 is 20.1 Å². The second-order valence-electron chi connectivity index (χ2n) is 5.91. The maximum Gasteiger partial charge on any atom is 0.251 e. The highest BCUT2D eigenvalue weighted by Crippen LogP contribution is 2.18. The molecule has 132 valence electrons. The molecule has 2 aromatic heterocycles. The number of anilines is 1. The molecule has 2 N–H and O–H groups in total. The van der Waals surface area contributed by atoms with E-state index in [0.717, 1.165) is 5.69 Å². The van der Waals surface area contributed by atoms with Crippen molar-refractivity contribution in [3.05, 3.63) is 47.9 Å². The van der Waals surface area contributed by atoms with Gasteiger partial charge in [0.25, 0.3) is 5.91 Å². The van der Waals surface area contributed by atoms with Crippen LogP contribution in [0.2, 0.25) is 0 Å². The average Bonchev–Trinajstić information content (AvgIpc) is 2.65. The summed E-state index contributed by atoms with van der Waals surface area (Å²) in [5.41, 5.74) is 1.48. The second-order valence-corrected chi connectivity index (χ2v) is 5.91. The van der Waals surface area contributed by atoms with Crippen molar-refractivity contribution in [1.82, 2.24) is 15.3 Å². The number of aromatic nitrogens is 2. The van der Waals surface area contributed by atoms with Gasteiger partial charge >= 0.3 is 0 Å². The Balaban J connectivity index is 1.67. The summed E-state index contributed by atoms with van der Waals surface area (Å²) in [4.78, 5) is 20.9. The molecule has 3 rings (SSSR count). The molecular weight excluding hydrogens is 320 g/mol. The lowest BCUT2D eigenvalue weighted by Gasteiger charge is -2.32. The van der Waals surface area contributed by atoms with Crippen LogP contribution in [0.15, 0.2) is 36.7 Å². The smallest absolute Gasteiger partial charge is 0.251 e. The molecule has 1 aliphatic heterocycles. The van der Waals surface area contributed by atoms with Crippen molar-refractivity contribution in [3.8, 4) is 5.75 Å².